The van der Waals surface area contributed by atoms with Crippen molar-refractivity contribution in [2.24, 2.45) is 0 Å². The minimum atomic E-state index is -0.105. The molecule has 20 heavy (non-hydrogen) atoms. The maximum atomic E-state index is 12.4. The smallest absolute Gasteiger partial charge is 0.254 e. The number of nitrogens with one attached hydrogen (secondary N) is 1. The van der Waals surface area contributed by atoms with Crippen LogP contribution in [0.4, 0.5) is 0 Å². The Morgan fingerprint density at radius 3 is 2.70 bits per heavy atom. The molecule has 0 bridgehead atoms. The second-order valence-corrected chi connectivity index (χ2v) is 4.72. The van der Waals surface area contributed by atoms with Crippen LogP contribution in [0.2, 0.25) is 0 Å². The van der Waals surface area contributed by atoms with E-state index in [1.807, 2.05) is 47.3 Å². The fourth-order valence-electron chi connectivity index (χ4n) is 2.30. The van der Waals surface area contributed by atoms with Gasteiger partial charge >= 0.3 is 0 Å². The molecule has 3 rings (SSSR count). The van der Waals surface area contributed by atoms with E-state index in [-0.39, 0.29) is 18.4 Å². The summed E-state index contributed by atoms with van der Waals surface area (Å²) in [5.74, 6) is -0.208. The molecule has 0 radical (unpaired) electrons. The summed E-state index contributed by atoms with van der Waals surface area (Å²) in [5, 5.41) is 2.72. The van der Waals surface area contributed by atoms with Gasteiger partial charge in [-0.15, -0.1) is 0 Å². The first-order chi connectivity index (χ1) is 9.74. The van der Waals surface area contributed by atoms with Crippen molar-refractivity contribution < 1.29 is 9.59 Å². The van der Waals surface area contributed by atoms with Crippen LogP contribution < -0.4 is 5.32 Å². The molecule has 1 fully saturated rings. The first-order valence-electron chi connectivity index (χ1n) is 6.53. The summed E-state index contributed by atoms with van der Waals surface area (Å²) in [6.07, 6.45) is 3.86. The fraction of sp³-hybridized carbons (Fsp3) is 0.200. The molecule has 2 amide bonds. The van der Waals surface area contributed by atoms with Gasteiger partial charge in [0.15, 0.2) is 0 Å². The second kappa shape index (κ2) is 5.21. The number of carbonyl (C=O) groups is 2. The Balaban J connectivity index is 1.85. The van der Waals surface area contributed by atoms with E-state index in [1.165, 1.54) is 0 Å². The average Bonchev–Trinajstić information content (AvgIpc) is 3.01. The Kier molecular flexibility index (Phi) is 3.25. The largest absolute Gasteiger partial charge is 0.353 e. The van der Waals surface area contributed by atoms with Crippen LogP contribution in [0.1, 0.15) is 10.4 Å². The third-order valence-corrected chi connectivity index (χ3v) is 3.32. The molecule has 2 aromatic rings. The molecule has 2 heterocycles. The van der Waals surface area contributed by atoms with Crippen molar-refractivity contribution in [1.29, 1.82) is 0 Å². The van der Waals surface area contributed by atoms with Gasteiger partial charge in [0, 0.05) is 36.7 Å². The number of benzene rings is 1. The van der Waals surface area contributed by atoms with Crippen LogP contribution in [0.15, 0.2) is 48.8 Å². The SMILES string of the molecule is O=C1CN(C(=O)c2cccc(-n3cccc3)c2)CCN1. The number of aromatic nitrogens is 1. The lowest BCUT2D eigenvalue weighted by molar-refractivity contribution is -0.123. The summed E-state index contributed by atoms with van der Waals surface area (Å²) >= 11 is 0. The van der Waals surface area contributed by atoms with Crippen LogP contribution in [-0.4, -0.2) is 40.9 Å². The number of carbonyl (C=O) groups excluding carboxylic acids is 2. The van der Waals surface area contributed by atoms with Crippen LogP contribution >= 0.6 is 0 Å². The molecule has 0 spiro atoms. The Morgan fingerprint density at radius 1 is 1.15 bits per heavy atom. The van der Waals surface area contributed by atoms with Crippen molar-refractivity contribution in [3.05, 3.63) is 54.4 Å². The lowest BCUT2D eigenvalue weighted by atomic mass is 10.1. The summed E-state index contributed by atoms with van der Waals surface area (Å²) in [5.41, 5.74) is 1.54. The van der Waals surface area contributed by atoms with E-state index >= 15 is 0 Å². The number of piperazine rings is 1. The van der Waals surface area contributed by atoms with Crippen LogP contribution in [0.25, 0.3) is 5.69 Å². The summed E-state index contributed by atoms with van der Waals surface area (Å²) in [4.78, 5) is 25.3. The first-order valence-corrected chi connectivity index (χ1v) is 6.53. The first kappa shape index (κ1) is 12.5. The molecular weight excluding hydrogens is 254 g/mol. The molecule has 0 unspecified atom stereocenters. The molecule has 5 heteroatoms. The summed E-state index contributed by atoms with van der Waals surface area (Å²) in [6.45, 7) is 1.20. The zero-order chi connectivity index (χ0) is 13.9. The second-order valence-electron chi connectivity index (χ2n) is 4.72. The molecular formula is C15H15N3O2. The lowest BCUT2D eigenvalue weighted by Gasteiger charge is -2.26. The number of nitrogens with zero attached hydrogens (tertiary/aromatic N) is 2. The van der Waals surface area contributed by atoms with Gasteiger partial charge in [0.05, 0.1) is 6.54 Å². The molecule has 0 aliphatic carbocycles. The zero-order valence-electron chi connectivity index (χ0n) is 11.0. The molecule has 102 valence electrons. The highest BCUT2D eigenvalue weighted by Crippen LogP contribution is 2.13. The van der Waals surface area contributed by atoms with E-state index < -0.39 is 0 Å². The molecule has 1 saturated heterocycles. The minimum Gasteiger partial charge on any atom is -0.353 e. The van der Waals surface area contributed by atoms with Gasteiger partial charge in [-0.3, -0.25) is 9.59 Å². The molecule has 1 aliphatic heterocycles. The highest BCUT2D eigenvalue weighted by Gasteiger charge is 2.22. The molecule has 0 saturated carbocycles. The van der Waals surface area contributed by atoms with E-state index in [0.717, 1.165) is 5.69 Å². The number of hydrogen-bond acceptors (Lipinski definition) is 2. The third kappa shape index (κ3) is 2.42. The Labute approximate surface area is 116 Å². The molecule has 1 N–H and O–H groups in total. The van der Waals surface area contributed by atoms with Crippen LogP contribution in [-0.2, 0) is 4.79 Å². The Hall–Kier alpha value is -2.56. The van der Waals surface area contributed by atoms with Gasteiger partial charge in [0.2, 0.25) is 5.91 Å². The van der Waals surface area contributed by atoms with Crippen molar-refractivity contribution in [1.82, 2.24) is 14.8 Å². The summed E-state index contributed by atoms with van der Waals surface area (Å²) < 4.78 is 1.94. The lowest BCUT2D eigenvalue weighted by Crippen LogP contribution is -2.49. The maximum Gasteiger partial charge on any atom is 0.254 e. The highest BCUT2D eigenvalue weighted by molar-refractivity contribution is 5.97. The molecule has 5 nitrogen and oxygen atoms in total. The highest BCUT2D eigenvalue weighted by atomic mass is 16.2. The molecule has 1 aromatic carbocycles. The molecule has 1 aliphatic rings. The van der Waals surface area contributed by atoms with Gasteiger partial charge in [0.25, 0.3) is 5.91 Å². The van der Waals surface area contributed by atoms with Crippen molar-refractivity contribution in [3.8, 4) is 5.69 Å². The van der Waals surface area contributed by atoms with Crippen molar-refractivity contribution in [3.63, 3.8) is 0 Å². The Bertz CT molecular complexity index is 634. The van der Waals surface area contributed by atoms with Gasteiger partial charge < -0.3 is 14.8 Å². The predicted molar refractivity (Wildman–Crippen MR) is 74.7 cm³/mol. The quantitative estimate of drug-likeness (QED) is 0.886. The number of hydrogen-bond donors (Lipinski definition) is 1. The van der Waals surface area contributed by atoms with Crippen molar-refractivity contribution >= 4 is 11.8 Å². The maximum absolute atomic E-state index is 12.4. The molecule has 1 aromatic heterocycles. The van der Waals surface area contributed by atoms with E-state index in [2.05, 4.69) is 5.32 Å². The third-order valence-electron chi connectivity index (χ3n) is 3.32. The van der Waals surface area contributed by atoms with Crippen LogP contribution in [0.3, 0.4) is 0 Å². The van der Waals surface area contributed by atoms with Crippen molar-refractivity contribution in [2.45, 2.75) is 0 Å². The van der Waals surface area contributed by atoms with Gasteiger partial charge in [-0.1, -0.05) is 6.07 Å². The van der Waals surface area contributed by atoms with Crippen molar-refractivity contribution in [2.75, 3.05) is 19.6 Å². The minimum absolute atomic E-state index is 0.103. The Morgan fingerprint density at radius 2 is 1.95 bits per heavy atom. The van der Waals surface area contributed by atoms with Gasteiger partial charge in [-0.05, 0) is 30.3 Å². The zero-order valence-corrected chi connectivity index (χ0v) is 11.0. The van der Waals surface area contributed by atoms with Crippen LogP contribution in [0, 0.1) is 0 Å². The summed E-state index contributed by atoms with van der Waals surface area (Å²) in [7, 11) is 0. The monoisotopic (exact) mass is 269 g/mol. The standard InChI is InChI=1S/C15H15N3O2/c19-14-11-18(9-6-16-14)15(20)12-4-3-5-13(10-12)17-7-1-2-8-17/h1-5,7-8,10H,6,9,11H2,(H,16,19). The molecule has 0 atom stereocenters. The normalized spacial score (nSPS) is 15.0. The van der Waals surface area contributed by atoms with Gasteiger partial charge in [-0.2, -0.15) is 0 Å². The topological polar surface area (TPSA) is 54.3 Å². The van der Waals surface area contributed by atoms with E-state index in [4.69, 9.17) is 0 Å². The van der Waals surface area contributed by atoms with Gasteiger partial charge in [-0.25, -0.2) is 0 Å². The average molecular weight is 269 g/mol. The predicted octanol–water partition coefficient (Wildman–Crippen LogP) is 1.05. The van der Waals surface area contributed by atoms with Crippen LogP contribution in [0.5, 0.6) is 0 Å². The number of rotatable bonds is 2. The number of amides is 2. The van der Waals surface area contributed by atoms with E-state index in [1.54, 1.807) is 11.0 Å². The van der Waals surface area contributed by atoms with E-state index in [0.29, 0.717) is 18.7 Å². The van der Waals surface area contributed by atoms with E-state index in [9.17, 15) is 9.59 Å². The fourth-order valence-corrected chi connectivity index (χ4v) is 2.30. The van der Waals surface area contributed by atoms with Gasteiger partial charge in [0.1, 0.15) is 0 Å². The summed E-state index contributed by atoms with van der Waals surface area (Å²) in [6, 6.07) is 11.3.